The maximum atomic E-state index is 13.6. The number of rotatable bonds is 10. The van der Waals surface area contributed by atoms with Gasteiger partial charge < -0.3 is 15.0 Å². The van der Waals surface area contributed by atoms with Crippen LogP contribution in [0.15, 0.2) is 66.7 Å². The first-order valence-corrected chi connectivity index (χ1v) is 12.3. The number of hydrogen-bond acceptors (Lipinski definition) is 3. The zero-order chi connectivity index (χ0) is 25.4. The molecule has 0 saturated heterocycles. The van der Waals surface area contributed by atoms with Crippen molar-refractivity contribution < 1.29 is 14.3 Å². The van der Waals surface area contributed by atoms with Gasteiger partial charge in [0.25, 0.3) is 5.91 Å². The zero-order valence-electron chi connectivity index (χ0n) is 20.2. The van der Waals surface area contributed by atoms with E-state index in [9.17, 15) is 9.59 Å². The molecular formula is C28H30Cl2N2O3. The van der Waals surface area contributed by atoms with Crippen LogP contribution in [0.5, 0.6) is 5.75 Å². The second kappa shape index (κ2) is 12.6. The van der Waals surface area contributed by atoms with Crippen LogP contribution in [0.1, 0.15) is 29.2 Å². The Labute approximate surface area is 217 Å². The fourth-order valence-corrected chi connectivity index (χ4v) is 4.46. The second-order valence-corrected chi connectivity index (χ2v) is 9.25. The van der Waals surface area contributed by atoms with Crippen molar-refractivity contribution in [2.45, 2.75) is 39.8 Å². The number of nitrogens with one attached hydrogen (secondary N) is 1. The van der Waals surface area contributed by atoms with Gasteiger partial charge in [0.05, 0.1) is 0 Å². The molecule has 0 radical (unpaired) electrons. The van der Waals surface area contributed by atoms with Crippen LogP contribution in [0, 0.1) is 13.8 Å². The molecule has 0 aliphatic heterocycles. The molecule has 0 fully saturated rings. The number of carbonyl (C=O) groups is 2. The Kier molecular flexibility index (Phi) is 9.58. The molecule has 0 aromatic heterocycles. The first kappa shape index (κ1) is 26.6. The molecular weight excluding hydrogens is 483 g/mol. The van der Waals surface area contributed by atoms with E-state index in [-0.39, 0.29) is 25.0 Å². The third kappa shape index (κ3) is 7.48. The van der Waals surface area contributed by atoms with E-state index in [1.54, 1.807) is 18.2 Å². The van der Waals surface area contributed by atoms with Gasteiger partial charge in [-0.3, -0.25) is 9.59 Å². The Morgan fingerprint density at radius 3 is 2.17 bits per heavy atom. The van der Waals surface area contributed by atoms with Crippen LogP contribution >= 0.6 is 23.2 Å². The van der Waals surface area contributed by atoms with Gasteiger partial charge in [0.1, 0.15) is 11.8 Å². The van der Waals surface area contributed by atoms with Crippen LogP contribution in [0.25, 0.3) is 0 Å². The van der Waals surface area contributed by atoms with Crippen LogP contribution in [0.3, 0.4) is 0 Å². The summed E-state index contributed by atoms with van der Waals surface area (Å²) in [4.78, 5) is 28.3. The molecule has 184 valence electrons. The van der Waals surface area contributed by atoms with Crippen molar-refractivity contribution in [3.05, 3.63) is 99.0 Å². The van der Waals surface area contributed by atoms with Crippen molar-refractivity contribution in [2.24, 2.45) is 0 Å². The van der Waals surface area contributed by atoms with Gasteiger partial charge in [-0.1, -0.05) is 65.7 Å². The smallest absolute Gasteiger partial charge is 0.261 e. The predicted octanol–water partition coefficient (Wildman–Crippen LogP) is 5.77. The number of halogens is 2. The zero-order valence-corrected chi connectivity index (χ0v) is 21.7. The average molecular weight is 513 g/mol. The minimum Gasteiger partial charge on any atom is -0.484 e. The number of likely N-dealkylation sites (N-methyl/N-ethyl adjacent to an activating group) is 1. The first-order valence-electron chi connectivity index (χ1n) is 11.5. The molecule has 0 spiro atoms. The Hall–Kier alpha value is -3.02. The average Bonchev–Trinajstić information content (AvgIpc) is 2.81. The monoisotopic (exact) mass is 512 g/mol. The van der Waals surface area contributed by atoms with Gasteiger partial charge in [0.2, 0.25) is 5.91 Å². The molecule has 1 unspecified atom stereocenters. The summed E-state index contributed by atoms with van der Waals surface area (Å²) in [6, 6.07) is 19.8. The maximum Gasteiger partial charge on any atom is 0.261 e. The minimum atomic E-state index is -0.778. The Bertz CT molecular complexity index is 1130. The van der Waals surface area contributed by atoms with Gasteiger partial charge in [0.15, 0.2) is 6.61 Å². The second-order valence-electron chi connectivity index (χ2n) is 8.43. The molecule has 1 atom stereocenters. The molecule has 3 aromatic carbocycles. The van der Waals surface area contributed by atoms with Crippen LogP contribution in [-0.4, -0.2) is 35.9 Å². The van der Waals surface area contributed by atoms with Crippen LogP contribution in [0.2, 0.25) is 10.0 Å². The summed E-state index contributed by atoms with van der Waals surface area (Å²) < 4.78 is 5.86. The van der Waals surface area contributed by atoms with Gasteiger partial charge in [-0.15, -0.1) is 0 Å². The van der Waals surface area contributed by atoms with Crippen molar-refractivity contribution in [1.82, 2.24) is 10.2 Å². The molecule has 1 N–H and O–H groups in total. The Morgan fingerprint density at radius 2 is 1.57 bits per heavy atom. The van der Waals surface area contributed by atoms with Gasteiger partial charge >= 0.3 is 0 Å². The van der Waals surface area contributed by atoms with Crippen molar-refractivity contribution in [1.29, 1.82) is 0 Å². The lowest BCUT2D eigenvalue weighted by Crippen LogP contribution is -2.51. The minimum absolute atomic E-state index is 0.0716. The summed E-state index contributed by atoms with van der Waals surface area (Å²) in [5, 5.41) is 3.73. The highest BCUT2D eigenvalue weighted by Gasteiger charge is 2.31. The quantitative estimate of drug-likeness (QED) is 0.375. The van der Waals surface area contributed by atoms with Crippen molar-refractivity contribution in [3.8, 4) is 5.75 Å². The van der Waals surface area contributed by atoms with Crippen LogP contribution < -0.4 is 10.1 Å². The topological polar surface area (TPSA) is 58.6 Å². The highest BCUT2D eigenvalue weighted by Crippen LogP contribution is 2.27. The fraction of sp³-hybridized carbons (Fsp3) is 0.286. The highest BCUT2D eigenvalue weighted by atomic mass is 35.5. The van der Waals surface area contributed by atoms with Crippen LogP contribution in [-0.2, 0) is 22.6 Å². The highest BCUT2D eigenvalue weighted by molar-refractivity contribution is 6.36. The van der Waals surface area contributed by atoms with E-state index in [0.29, 0.717) is 34.3 Å². The summed E-state index contributed by atoms with van der Waals surface area (Å²) in [5.41, 5.74) is 3.59. The van der Waals surface area contributed by atoms with E-state index in [1.807, 2.05) is 69.3 Å². The largest absolute Gasteiger partial charge is 0.484 e. The third-order valence-corrected chi connectivity index (χ3v) is 6.28. The van der Waals surface area contributed by atoms with E-state index >= 15 is 0 Å². The van der Waals surface area contributed by atoms with E-state index in [4.69, 9.17) is 27.9 Å². The number of ether oxygens (including phenoxy) is 1. The molecule has 3 rings (SSSR count). The van der Waals surface area contributed by atoms with Crippen molar-refractivity contribution in [2.75, 3.05) is 13.2 Å². The first-order chi connectivity index (χ1) is 16.8. The molecule has 0 saturated carbocycles. The van der Waals surface area contributed by atoms with Gasteiger partial charge in [-0.2, -0.15) is 0 Å². The molecule has 5 nitrogen and oxygen atoms in total. The lowest BCUT2D eigenvalue weighted by atomic mass is 10.0. The molecule has 2 amide bonds. The number of hydrogen-bond donors (Lipinski definition) is 1. The lowest BCUT2D eigenvalue weighted by molar-refractivity contribution is -0.142. The third-order valence-electron chi connectivity index (χ3n) is 5.57. The van der Waals surface area contributed by atoms with Gasteiger partial charge in [-0.25, -0.2) is 0 Å². The van der Waals surface area contributed by atoms with E-state index in [0.717, 1.165) is 16.7 Å². The summed E-state index contributed by atoms with van der Waals surface area (Å²) >= 11 is 12.9. The lowest BCUT2D eigenvalue weighted by Gasteiger charge is -2.32. The van der Waals surface area contributed by atoms with E-state index in [2.05, 4.69) is 5.32 Å². The van der Waals surface area contributed by atoms with E-state index in [1.165, 1.54) is 4.90 Å². The van der Waals surface area contributed by atoms with Gasteiger partial charge in [0, 0.05) is 35.1 Å². The number of nitrogens with zero attached hydrogens (tertiary/aromatic N) is 1. The Morgan fingerprint density at radius 1 is 0.943 bits per heavy atom. The van der Waals surface area contributed by atoms with E-state index < -0.39 is 6.04 Å². The summed E-state index contributed by atoms with van der Waals surface area (Å²) in [7, 11) is 0. The summed E-state index contributed by atoms with van der Waals surface area (Å²) in [6.07, 6.45) is 0.337. The number of amides is 2. The number of aryl methyl sites for hydroxylation is 2. The summed E-state index contributed by atoms with van der Waals surface area (Å²) in [5.74, 6) is 0.0100. The molecule has 0 aliphatic rings. The molecule has 0 heterocycles. The molecule has 35 heavy (non-hydrogen) atoms. The standard InChI is InChI=1S/C28H30Cl2N2O3/c1-4-31-28(34)26(16-21-9-6-5-7-10-21)32(17-23-24(29)11-8-12-25(23)30)27(33)18-35-22-14-19(2)13-20(3)15-22/h5-15,26H,4,16-18H2,1-3H3,(H,31,34). The normalized spacial score (nSPS) is 11.6. The molecule has 3 aromatic rings. The molecule has 0 aliphatic carbocycles. The summed E-state index contributed by atoms with van der Waals surface area (Å²) in [6.45, 7) is 6.07. The number of carbonyl (C=O) groups excluding carboxylic acids is 2. The van der Waals surface area contributed by atoms with Gasteiger partial charge in [-0.05, 0) is 61.7 Å². The molecule has 0 bridgehead atoms. The fourth-order valence-electron chi connectivity index (χ4n) is 3.94. The molecule has 7 heteroatoms. The predicted molar refractivity (Wildman–Crippen MR) is 141 cm³/mol. The SMILES string of the molecule is CCNC(=O)C(Cc1ccccc1)N(Cc1c(Cl)cccc1Cl)C(=O)COc1cc(C)cc(C)c1. The van der Waals surface area contributed by atoms with Crippen molar-refractivity contribution in [3.63, 3.8) is 0 Å². The van der Waals surface area contributed by atoms with Crippen molar-refractivity contribution >= 4 is 35.0 Å². The maximum absolute atomic E-state index is 13.6. The Balaban J connectivity index is 1.95. The van der Waals surface area contributed by atoms with Crippen LogP contribution in [0.4, 0.5) is 0 Å². The number of benzene rings is 3.